The molecule has 0 aliphatic carbocycles. The first-order chi connectivity index (χ1) is 9.37. The fraction of sp³-hybridized carbons (Fsp3) is 0.789. The monoisotopic (exact) mass is 279 g/mol. The first-order valence-corrected chi connectivity index (χ1v) is 8.47. The van der Waals surface area contributed by atoms with Crippen molar-refractivity contribution in [3.05, 3.63) is 24.3 Å². The average Bonchev–Trinajstić information content (AvgIpc) is 2.48. The summed E-state index contributed by atoms with van der Waals surface area (Å²) in [6, 6.07) is 0. The highest BCUT2D eigenvalue weighted by Gasteiger charge is 2.28. The van der Waals surface area contributed by atoms with Gasteiger partial charge in [0.2, 0.25) is 0 Å². The van der Waals surface area contributed by atoms with E-state index in [9.17, 15) is 0 Å². The number of allylic oxidation sites excluding steroid dienone is 3. The smallest absolute Gasteiger partial charge is 0.0333 e. The molecule has 0 aliphatic heterocycles. The quantitative estimate of drug-likeness (QED) is 0.504. The number of hydrogen-bond acceptors (Lipinski definition) is 1. The highest BCUT2D eigenvalue weighted by molar-refractivity contribution is 5.05. The van der Waals surface area contributed by atoms with Gasteiger partial charge in [0.25, 0.3) is 0 Å². The molecule has 1 N–H and O–H groups in total. The number of nitrogens with one attached hydrogen (secondary N) is 1. The Bertz CT molecular complexity index is 305. The molecule has 0 saturated carbocycles. The van der Waals surface area contributed by atoms with Crippen LogP contribution in [0.15, 0.2) is 24.3 Å². The van der Waals surface area contributed by atoms with Gasteiger partial charge in [0.15, 0.2) is 0 Å². The van der Waals surface area contributed by atoms with E-state index in [1.165, 1.54) is 6.42 Å². The summed E-state index contributed by atoms with van der Waals surface area (Å²) in [5.74, 6) is 0.635. The van der Waals surface area contributed by atoms with Crippen molar-refractivity contribution in [1.82, 2.24) is 5.32 Å². The molecule has 118 valence electrons. The molecule has 0 heterocycles. The average molecular weight is 280 g/mol. The van der Waals surface area contributed by atoms with Gasteiger partial charge in [-0.2, -0.15) is 0 Å². The molecule has 3 unspecified atom stereocenters. The second-order valence-corrected chi connectivity index (χ2v) is 6.53. The van der Waals surface area contributed by atoms with E-state index in [0.717, 1.165) is 25.8 Å². The third-order valence-electron chi connectivity index (χ3n) is 4.89. The lowest BCUT2D eigenvalue weighted by Crippen LogP contribution is -2.44. The van der Waals surface area contributed by atoms with Crippen molar-refractivity contribution in [2.45, 2.75) is 79.7 Å². The van der Waals surface area contributed by atoms with E-state index in [-0.39, 0.29) is 5.54 Å². The van der Waals surface area contributed by atoms with Gasteiger partial charge in [-0.25, -0.2) is 0 Å². The Morgan fingerprint density at radius 3 is 1.90 bits per heavy atom. The van der Waals surface area contributed by atoms with Gasteiger partial charge in [-0.15, -0.1) is 0 Å². The summed E-state index contributed by atoms with van der Waals surface area (Å²) in [4.78, 5) is 0. The first-order valence-electron chi connectivity index (χ1n) is 8.47. The van der Waals surface area contributed by atoms with Crippen LogP contribution in [-0.4, -0.2) is 12.1 Å². The zero-order chi connectivity index (χ0) is 15.6. The van der Waals surface area contributed by atoms with Gasteiger partial charge >= 0.3 is 0 Å². The third kappa shape index (κ3) is 6.26. The van der Waals surface area contributed by atoms with Crippen molar-refractivity contribution in [3.63, 3.8) is 0 Å². The highest BCUT2D eigenvalue weighted by Crippen LogP contribution is 2.33. The lowest BCUT2D eigenvalue weighted by molar-refractivity contribution is 0.238. The molecule has 0 radical (unpaired) electrons. The molecule has 0 spiro atoms. The van der Waals surface area contributed by atoms with E-state index >= 15 is 0 Å². The van der Waals surface area contributed by atoms with Crippen molar-refractivity contribution < 1.29 is 0 Å². The Labute approximate surface area is 127 Å². The first kappa shape index (κ1) is 19.4. The van der Waals surface area contributed by atoms with Crippen LogP contribution in [0, 0.1) is 11.3 Å². The van der Waals surface area contributed by atoms with Crippen LogP contribution in [0.25, 0.3) is 0 Å². The van der Waals surface area contributed by atoms with Gasteiger partial charge < -0.3 is 5.32 Å². The summed E-state index contributed by atoms with van der Waals surface area (Å²) >= 11 is 0. The van der Waals surface area contributed by atoms with Crippen LogP contribution in [-0.2, 0) is 0 Å². The number of rotatable bonds is 10. The summed E-state index contributed by atoms with van der Waals surface area (Å²) in [5.41, 5.74) is 0.430. The molecule has 3 atom stereocenters. The molecule has 0 rings (SSSR count). The maximum Gasteiger partial charge on any atom is 0.0333 e. The van der Waals surface area contributed by atoms with Crippen LogP contribution in [0.2, 0.25) is 0 Å². The minimum Gasteiger partial charge on any atom is -0.308 e. The fourth-order valence-electron chi connectivity index (χ4n) is 2.32. The van der Waals surface area contributed by atoms with E-state index < -0.39 is 0 Å². The standard InChI is InChI=1S/C19H37N/c1-8-12-14-18(6,10-3)17(5)16-20-19(7,11-4)15-13-9-2/h12-15,17,20H,8-11,16H2,1-7H3. The fourth-order valence-corrected chi connectivity index (χ4v) is 2.32. The van der Waals surface area contributed by atoms with Crippen LogP contribution in [0.3, 0.4) is 0 Å². The van der Waals surface area contributed by atoms with Gasteiger partial charge in [0, 0.05) is 5.54 Å². The Morgan fingerprint density at radius 2 is 1.45 bits per heavy atom. The van der Waals surface area contributed by atoms with Crippen molar-refractivity contribution in [3.8, 4) is 0 Å². The minimum absolute atomic E-state index is 0.132. The topological polar surface area (TPSA) is 12.0 Å². The largest absolute Gasteiger partial charge is 0.308 e. The summed E-state index contributed by atoms with van der Waals surface area (Å²) in [6.45, 7) is 17.1. The molecule has 0 saturated heterocycles. The molecule has 0 aromatic carbocycles. The minimum atomic E-state index is 0.132. The Hall–Kier alpha value is -0.560. The highest BCUT2D eigenvalue weighted by atomic mass is 15.0. The third-order valence-corrected chi connectivity index (χ3v) is 4.89. The summed E-state index contributed by atoms with van der Waals surface area (Å²) < 4.78 is 0. The van der Waals surface area contributed by atoms with Crippen LogP contribution in [0.1, 0.15) is 74.1 Å². The second kappa shape index (κ2) is 9.39. The molecular formula is C19H37N. The molecule has 1 heteroatoms. The molecule has 0 amide bonds. The zero-order valence-electron chi connectivity index (χ0n) is 14.9. The van der Waals surface area contributed by atoms with E-state index in [2.05, 4.69) is 78.1 Å². The Morgan fingerprint density at radius 1 is 0.900 bits per heavy atom. The van der Waals surface area contributed by atoms with E-state index in [1.807, 2.05) is 0 Å². The molecule has 20 heavy (non-hydrogen) atoms. The van der Waals surface area contributed by atoms with Crippen LogP contribution in [0.4, 0.5) is 0 Å². The Kier molecular flexibility index (Phi) is 9.13. The predicted octanol–water partition coefficient (Wildman–Crippen LogP) is 5.73. The van der Waals surface area contributed by atoms with E-state index in [1.54, 1.807) is 0 Å². The van der Waals surface area contributed by atoms with Gasteiger partial charge in [-0.1, -0.05) is 65.8 Å². The second-order valence-electron chi connectivity index (χ2n) is 6.53. The van der Waals surface area contributed by atoms with Crippen LogP contribution >= 0.6 is 0 Å². The molecule has 0 bridgehead atoms. The van der Waals surface area contributed by atoms with Gasteiger partial charge in [-0.3, -0.25) is 0 Å². The molecular weight excluding hydrogens is 242 g/mol. The molecule has 0 fully saturated rings. The lowest BCUT2D eigenvalue weighted by atomic mass is 9.75. The molecule has 0 aliphatic rings. The van der Waals surface area contributed by atoms with Crippen LogP contribution < -0.4 is 5.32 Å². The van der Waals surface area contributed by atoms with Crippen molar-refractivity contribution in [1.29, 1.82) is 0 Å². The SMILES string of the molecule is CCC=CC(C)(CC)NCC(C)C(C)(C=CCC)CC. The maximum atomic E-state index is 3.78. The van der Waals surface area contributed by atoms with Gasteiger partial charge in [0.1, 0.15) is 0 Å². The molecule has 1 nitrogen and oxygen atoms in total. The van der Waals surface area contributed by atoms with Crippen molar-refractivity contribution in [2.75, 3.05) is 6.54 Å². The summed E-state index contributed by atoms with van der Waals surface area (Å²) in [5, 5.41) is 3.78. The van der Waals surface area contributed by atoms with E-state index in [4.69, 9.17) is 0 Å². The van der Waals surface area contributed by atoms with Crippen molar-refractivity contribution in [2.24, 2.45) is 11.3 Å². The van der Waals surface area contributed by atoms with Gasteiger partial charge in [-0.05, 0) is 50.5 Å². The van der Waals surface area contributed by atoms with E-state index in [0.29, 0.717) is 11.3 Å². The summed E-state index contributed by atoms with van der Waals surface area (Å²) in [6.07, 6.45) is 13.9. The van der Waals surface area contributed by atoms with Gasteiger partial charge in [0.05, 0.1) is 0 Å². The predicted molar refractivity (Wildman–Crippen MR) is 93.1 cm³/mol. The number of hydrogen-bond donors (Lipinski definition) is 1. The van der Waals surface area contributed by atoms with Crippen molar-refractivity contribution >= 4 is 0 Å². The normalized spacial score (nSPS) is 20.1. The zero-order valence-corrected chi connectivity index (χ0v) is 14.9. The molecule has 0 aromatic heterocycles. The lowest BCUT2D eigenvalue weighted by Gasteiger charge is -2.36. The summed E-state index contributed by atoms with van der Waals surface area (Å²) in [7, 11) is 0. The van der Waals surface area contributed by atoms with Crippen LogP contribution in [0.5, 0.6) is 0 Å². The molecule has 0 aromatic rings. The Balaban J connectivity index is 4.69. The maximum absolute atomic E-state index is 3.78.